The second-order valence-corrected chi connectivity index (χ2v) is 8.91. The highest BCUT2D eigenvalue weighted by molar-refractivity contribution is 5.64. The molecule has 0 N–H and O–H groups in total. The van der Waals surface area contributed by atoms with Gasteiger partial charge in [-0.25, -0.2) is 13.8 Å². The summed E-state index contributed by atoms with van der Waals surface area (Å²) < 4.78 is 30.9. The maximum atomic E-state index is 14.4. The highest BCUT2D eigenvalue weighted by Gasteiger charge is 2.65. The van der Waals surface area contributed by atoms with Crippen LogP contribution < -0.4 is 0 Å². The van der Waals surface area contributed by atoms with Crippen LogP contribution in [0.15, 0.2) is 54.9 Å². The van der Waals surface area contributed by atoms with Crippen molar-refractivity contribution in [2.75, 3.05) is 0 Å². The largest absolute Gasteiger partial charge is 0.303 e. The minimum absolute atomic E-state index is 0.112. The van der Waals surface area contributed by atoms with Gasteiger partial charge in [-0.15, -0.1) is 5.10 Å². The first-order valence-electron chi connectivity index (χ1n) is 10.2. The van der Waals surface area contributed by atoms with Crippen molar-refractivity contribution >= 4 is 5.65 Å². The Labute approximate surface area is 172 Å². The molecule has 6 heteroatoms. The van der Waals surface area contributed by atoms with Gasteiger partial charge in [-0.3, -0.25) is 0 Å². The molecule has 2 atom stereocenters. The van der Waals surface area contributed by atoms with Crippen molar-refractivity contribution in [1.29, 1.82) is 0 Å². The van der Waals surface area contributed by atoms with Crippen LogP contribution in [0.1, 0.15) is 49.6 Å². The SMILES string of the molecule is CC1(C)[C@H]2CC[C@]1(c1cccc3nccn13)c1nnc(-c3c(F)cccc3F)cc12. The van der Waals surface area contributed by atoms with Crippen LogP contribution in [-0.2, 0) is 5.41 Å². The second kappa shape index (κ2) is 5.72. The zero-order valence-electron chi connectivity index (χ0n) is 16.7. The molecule has 0 radical (unpaired) electrons. The summed E-state index contributed by atoms with van der Waals surface area (Å²) in [7, 11) is 0. The van der Waals surface area contributed by atoms with Gasteiger partial charge in [-0.2, -0.15) is 5.10 Å². The van der Waals surface area contributed by atoms with Gasteiger partial charge in [0.15, 0.2) is 0 Å². The van der Waals surface area contributed by atoms with E-state index < -0.39 is 11.6 Å². The molecule has 1 aromatic carbocycles. The minimum atomic E-state index is -0.621. The fraction of sp³-hybridized carbons (Fsp3) is 0.292. The van der Waals surface area contributed by atoms with Crippen molar-refractivity contribution in [2.24, 2.45) is 5.41 Å². The lowest BCUT2D eigenvalue weighted by molar-refractivity contribution is 0.241. The predicted molar refractivity (Wildman–Crippen MR) is 109 cm³/mol. The number of halogens is 2. The van der Waals surface area contributed by atoms with Crippen molar-refractivity contribution in [3.05, 3.63) is 83.4 Å². The standard InChI is InChI=1S/C24H20F2N4/c1-23(2)15-9-10-24(23,19-7-4-8-20-27-11-12-30(19)20)22-14(15)13-18(28-29-22)21-16(25)5-3-6-17(21)26/h3-8,11-13,15H,9-10H2,1-2H3/t15-,24-/m0/s1. The molecule has 4 aromatic rings. The minimum Gasteiger partial charge on any atom is -0.303 e. The van der Waals surface area contributed by atoms with Gasteiger partial charge in [0, 0.05) is 18.1 Å². The predicted octanol–water partition coefficient (Wildman–Crippen LogP) is 5.27. The molecular weight excluding hydrogens is 382 g/mol. The number of rotatable bonds is 2. The number of hydrogen-bond acceptors (Lipinski definition) is 3. The van der Waals surface area contributed by atoms with Gasteiger partial charge >= 0.3 is 0 Å². The van der Waals surface area contributed by atoms with Crippen molar-refractivity contribution in [1.82, 2.24) is 19.6 Å². The Balaban J connectivity index is 1.62. The van der Waals surface area contributed by atoms with E-state index in [1.54, 1.807) is 6.20 Å². The molecule has 0 aliphatic heterocycles. The van der Waals surface area contributed by atoms with Gasteiger partial charge in [-0.1, -0.05) is 26.0 Å². The third-order valence-electron chi connectivity index (χ3n) is 7.47. The smallest absolute Gasteiger partial charge is 0.136 e. The Hall–Kier alpha value is -3.15. The van der Waals surface area contributed by atoms with Crippen LogP contribution in [0.2, 0.25) is 0 Å². The maximum absolute atomic E-state index is 14.4. The average molecular weight is 402 g/mol. The normalized spacial score (nSPS) is 23.8. The number of aromatic nitrogens is 4. The van der Waals surface area contributed by atoms with Gasteiger partial charge in [0.1, 0.15) is 17.3 Å². The van der Waals surface area contributed by atoms with Crippen LogP contribution in [0.25, 0.3) is 16.9 Å². The fourth-order valence-electron chi connectivity index (χ4n) is 6.05. The van der Waals surface area contributed by atoms with Crippen LogP contribution in [0.3, 0.4) is 0 Å². The van der Waals surface area contributed by atoms with Gasteiger partial charge < -0.3 is 4.40 Å². The molecule has 3 heterocycles. The third-order valence-corrected chi connectivity index (χ3v) is 7.47. The summed E-state index contributed by atoms with van der Waals surface area (Å²) in [4.78, 5) is 4.45. The molecule has 150 valence electrons. The van der Waals surface area contributed by atoms with Crippen LogP contribution in [0, 0.1) is 17.0 Å². The van der Waals surface area contributed by atoms with E-state index >= 15 is 0 Å². The molecule has 6 rings (SSSR count). The summed E-state index contributed by atoms with van der Waals surface area (Å²) in [5.41, 5.74) is 3.71. The van der Waals surface area contributed by atoms with Crippen LogP contribution >= 0.6 is 0 Å². The first-order chi connectivity index (χ1) is 14.4. The van der Waals surface area contributed by atoms with Crippen LogP contribution in [0.4, 0.5) is 8.78 Å². The second-order valence-electron chi connectivity index (χ2n) is 8.91. The lowest BCUT2D eigenvalue weighted by atomic mass is 9.66. The Kier molecular flexibility index (Phi) is 3.37. The van der Waals surface area contributed by atoms with Gasteiger partial charge in [-0.05, 0) is 60.1 Å². The number of pyridine rings is 1. The van der Waals surface area contributed by atoms with Crippen LogP contribution in [0.5, 0.6) is 0 Å². The summed E-state index contributed by atoms with van der Waals surface area (Å²) in [5.74, 6) is -0.996. The van der Waals surface area contributed by atoms with E-state index in [4.69, 9.17) is 0 Å². The van der Waals surface area contributed by atoms with E-state index in [0.717, 1.165) is 35.4 Å². The zero-order valence-corrected chi connectivity index (χ0v) is 16.7. The summed E-state index contributed by atoms with van der Waals surface area (Å²) in [6.07, 6.45) is 5.74. The average Bonchev–Trinajstić information content (AvgIpc) is 3.35. The Bertz CT molecular complexity index is 1310. The monoisotopic (exact) mass is 402 g/mol. The summed E-state index contributed by atoms with van der Waals surface area (Å²) >= 11 is 0. The van der Waals surface area contributed by atoms with E-state index in [2.05, 4.69) is 39.5 Å². The number of fused-ring (bicyclic) bond motifs is 6. The highest BCUT2D eigenvalue weighted by atomic mass is 19.1. The third kappa shape index (κ3) is 1.96. The molecule has 0 unspecified atom stereocenters. The van der Waals surface area contributed by atoms with E-state index in [1.165, 1.54) is 18.2 Å². The Morgan fingerprint density at radius 2 is 1.80 bits per heavy atom. The first kappa shape index (κ1) is 17.7. The first-order valence-corrected chi connectivity index (χ1v) is 10.2. The molecule has 4 nitrogen and oxygen atoms in total. The topological polar surface area (TPSA) is 43.1 Å². The molecule has 2 aliphatic rings. The molecule has 0 spiro atoms. The summed E-state index contributed by atoms with van der Waals surface area (Å²) in [6.45, 7) is 4.54. The zero-order chi connectivity index (χ0) is 20.7. The summed E-state index contributed by atoms with van der Waals surface area (Å²) in [6, 6.07) is 11.9. The molecule has 0 saturated heterocycles. The Morgan fingerprint density at radius 1 is 1.03 bits per heavy atom. The van der Waals surface area contributed by atoms with E-state index in [0.29, 0.717) is 0 Å². The molecular formula is C24H20F2N4. The molecule has 0 amide bonds. The van der Waals surface area contributed by atoms with E-state index in [-0.39, 0.29) is 28.0 Å². The number of hydrogen-bond donors (Lipinski definition) is 0. The highest BCUT2D eigenvalue weighted by Crippen LogP contribution is 2.69. The van der Waals surface area contributed by atoms with Crippen LogP contribution in [-0.4, -0.2) is 19.6 Å². The van der Waals surface area contributed by atoms with Crippen molar-refractivity contribution in [3.63, 3.8) is 0 Å². The van der Waals surface area contributed by atoms with Gasteiger partial charge in [0.2, 0.25) is 0 Å². The van der Waals surface area contributed by atoms with Crippen molar-refractivity contribution < 1.29 is 8.78 Å². The quantitative estimate of drug-likeness (QED) is 0.459. The van der Waals surface area contributed by atoms with Gasteiger partial charge in [0.05, 0.1) is 22.4 Å². The molecule has 1 fully saturated rings. The molecule has 2 aliphatic carbocycles. The van der Waals surface area contributed by atoms with E-state index in [9.17, 15) is 8.78 Å². The molecule has 30 heavy (non-hydrogen) atoms. The van der Waals surface area contributed by atoms with Gasteiger partial charge in [0.25, 0.3) is 0 Å². The molecule has 3 aromatic heterocycles. The van der Waals surface area contributed by atoms with E-state index in [1.807, 2.05) is 24.4 Å². The number of nitrogens with zero attached hydrogens (tertiary/aromatic N) is 4. The lowest BCUT2D eigenvalue weighted by Crippen LogP contribution is -2.38. The lowest BCUT2D eigenvalue weighted by Gasteiger charge is -2.38. The fourth-order valence-corrected chi connectivity index (χ4v) is 6.05. The maximum Gasteiger partial charge on any atom is 0.136 e. The molecule has 1 saturated carbocycles. The molecule has 2 bridgehead atoms. The van der Waals surface area contributed by atoms with Crippen molar-refractivity contribution in [3.8, 4) is 11.3 Å². The van der Waals surface area contributed by atoms with Crippen molar-refractivity contribution in [2.45, 2.75) is 38.0 Å². The number of benzene rings is 1. The Morgan fingerprint density at radius 3 is 2.60 bits per heavy atom. The summed E-state index contributed by atoms with van der Waals surface area (Å²) in [5, 5.41) is 8.93. The number of imidazole rings is 1.